The van der Waals surface area contributed by atoms with Crippen LogP contribution < -0.4 is 9.46 Å². The quantitative estimate of drug-likeness (QED) is 0.754. The van der Waals surface area contributed by atoms with Crippen molar-refractivity contribution in [1.82, 2.24) is 9.97 Å². The standard InChI is InChI=1S/C11H11N3O5S/c1-19-7-2-3-9(8(4-7)11(15)16)14-20(17,18)10-5-12-6-13-10/h2-6,14H,1H3,(H,12,13)(H,15,16). The maximum atomic E-state index is 12.0. The Morgan fingerprint density at radius 3 is 2.75 bits per heavy atom. The van der Waals surface area contributed by atoms with Crippen LogP contribution in [0.15, 0.2) is 35.7 Å². The van der Waals surface area contributed by atoms with Gasteiger partial charge in [0.1, 0.15) is 5.75 Å². The molecule has 106 valence electrons. The van der Waals surface area contributed by atoms with Crippen molar-refractivity contribution in [2.45, 2.75) is 5.03 Å². The lowest BCUT2D eigenvalue weighted by molar-refractivity contribution is 0.0697. The Hall–Kier alpha value is -2.55. The van der Waals surface area contributed by atoms with Crippen molar-refractivity contribution in [3.63, 3.8) is 0 Å². The zero-order chi connectivity index (χ0) is 14.8. The summed E-state index contributed by atoms with van der Waals surface area (Å²) in [7, 11) is -2.53. The fourth-order valence-corrected chi connectivity index (χ4v) is 2.49. The summed E-state index contributed by atoms with van der Waals surface area (Å²) in [5.41, 5.74) is -0.277. The largest absolute Gasteiger partial charge is 0.497 e. The van der Waals surface area contributed by atoms with Gasteiger partial charge in [0.15, 0.2) is 5.03 Å². The molecule has 0 radical (unpaired) electrons. The monoisotopic (exact) mass is 297 g/mol. The van der Waals surface area contributed by atoms with Gasteiger partial charge in [0.2, 0.25) is 0 Å². The van der Waals surface area contributed by atoms with Gasteiger partial charge in [-0.25, -0.2) is 9.78 Å². The number of carboxylic acid groups (broad SMARTS) is 1. The molecule has 8 nitrogen and oxygen atoms in total. The highest BCUT2D eigenvalue weighted by molar-refractivity contribution is 7.92. The van der Waals surface area contributed by atoms with Crippen LogP contribution in [0.4, 0.5) is 5.69 Å². The number of nitrogens with one attached hydrogen (secondary N) is 2. The fraction of sp³-hybridized carbons (Fsp3) is 0.0909. The lowest BCUT2D eigenvalue weighted by Gasteiger charge is -2.10. The third kappa shape index (κ3) is 2.72. The summed E-state index contributed by atoms with van der Waals surface area (Å²) < 4.78 is 31.1. The number of H-pyrrole nitrogens is 1. The highest BCUT2D eigenvalue weighted by Crippen LogP contribution is 2.24. The Morgan fingerprint density at radius 2 is 2.20 bits per heavy atom. The van der Waals surface area contributed by atoms with Gasteiger partial charge in [-0.1, -0.05) is 0 Å². The van der Waals surface area contributed by atoms with E-state index in [1.165, 1.54) is 31.6 Å². The summed E-state index contributed by atoms with van der Waals surface area (Å²) in [6, 6.07) is 4.00. The van der Waals surface area contributed by atoms with E-state index in [2.05, 4.69) is 14.7 Å². The molecule has 0 saturated heterocycles. The number of carbonyl (C=O) groups is 1. The minimum atomic E-state index is -3.92. The number of aromatic nitrogens is 2. The summed E-state index contributed by atoms with van der Waals surface area (Å²) >= 11 is 0. The van der Waals surface area contributed by atoms with Crippen LogP contribution in [0.25, 0.3) is 0 Å². The van der Waals surface area contributed by atoms with Gasteiger partial charge in [0.05, 0.1) is 30.9 Å². The van der Waals surface area contributed by atoms with Crippen LogP contribution in [0.5, 0.6) is 5.75 Å². The third-order valence-electron chi connectivity index (χ3n) is 2.46. The van der Waals surface area contributed by atoms with Gasteiger partial charge in [-0.15, -0.1) is 0 Å². The number of benzene rings is 1. The molecule has 0 aliphatic carbocycles. The van der Waals surface area contributed by atoms with Crippen molar-refractivity contribution >= 4 is 21.7 Å². The van der Waals surface area contributed by atoms with E-state index in [-0.39, 0.29) is 16.3 Å². The highest BCUT2D eigenvalue weighted by atomic mass is 32.2. The molecular weight excluding hydrogens is 286 g/mol. The summed E-state index contributed by atoms with van der Waals surface area (Å²) in [5.74, 6) is -0.960. The van der Waals surface area contributed by atoms with Gasteiger partial charge in [0, 0.05) is 0 Å². The number of methoxy groups -OCH3 is 1. The van der Waals surface area contributed by atoms with E-state index < -0.39 is 16.0 Å². The first-order valence-corrected chi connectivity index (χ1v) is 6.85. The Bertz CT molecular complexity index is 725. The van der Waals surface area contributed by atoms with Crippen LogP contribution in [0.1, 0.15) is 10.4 Å². The van der Waals surface area contributed by atoms with E-state index in [0.29, 0.717) is 5.75 Å². The van der Waals surface area contributed by atoms with Crippen molar-refractivity contribution in [3.05, 3.63) is 36.3 Å². The van der Waals surface area contributed by atoms with E-state index in [0.717, 1.165) is 6.20 Å². The maximum Gasteiger partial charge on any atom is 0.337 e. The first kappa shape index (κ1) is 13.9. The molecule has 0 atom stereocenters. The number of hydrogen-bond acceptors (Lipinski definition) is 5. The van der Waals surface area contributed by atoms with Crippen LogP contribution in [0.3, 0.4) is 0 Å². The van der Waals surface area contributed by atoms with E-state index in [1.807, 2.05) is 0 Å². The van der Waals surface area contributed by atoms with E-state index in [9.17, 15) is 13.2 Å². The number of aromatic amines is 1. The predicted molar refractivity (Wildman–Crippen MR) is 69.3 cm³/mol. The lowest BCUT2D eigenvalue weighted by atomic mass is 10.2. The number of hydrogen-bond donors (Lipinski definition) is 3. The normalized spacial score (nSPS) is 11.1. The number of rotatable bonds is 5. The maximum absolute atomic E-state index is 12.0. The van der Waals surface area contributed by atoms with Crippen molar-refractivity contribution in [2.75, 3.05) is 11.8 Å². The fourth-order valence-electron chi connectivity index (χ4n) is 1.51. The highest BCUT2D eigenvalue weighted by Gasteiger charge is 2.20. The van der Waals surface area contributed by atoms with Gasteiger partial charge in [-0.3, -0.25) is 4.72 Å². The number of imidazole rings is 1. The van der Waals surface area contributed by atoms with Crippen molar-refractivity contribution in [1.29, 1.82) is 0 Å². The lowest BCUT2D eigenvalue weighted by Crippen LogP contribution is -2.16. The van der Waals surface area contributed by atoms with E-state index in [1.54, 1.807) is 0 Å². The van der Waals surface area contributed by atoms with Gasteiger partial charge < -0.3 is 14.8 Å². The molecule has 2 rings (SSSR count). The SMILES string of the molecule is COc1ccc(NS(=O)(=O)c2cnc[nH]2)c(C(=O)O)c1. The van der Waals surface area contributed by atoms with Crippen LogP contribution >= 0.6 is 0 Å². The molecule has 0 bridgehead atoms. The van der Waals surface area contributed by atoms with Crippen LogP contribution in [0, 0.1) is 0 Å². The molecule has 0 spiro atoms. The Kier molecular flexibility index (Phi) is 3.61. The zero-order valence-electron chi connectivity index (χ0n) is 10.3. The van der Waals surface area contributed by atoms with Crippen molar-refractivity contribution < 1.29 is 23.1 Å². The minimum absolute atomic E-state index is 0.0621. The Labute approximate surface area is 114 Å². The molecule has 1 aromatic heterocycles. The van der Waals surface area contributed by atoms with Gasteiger partial charge >= 0.3 is 5.97 Å². The smallest absolute Gasteiger partial charge is 0.337 e. The van der Waals surface area contributed by atoms with E-state index in [4.69, 9.17) is 9.84 Å². The molecule has 0 saturated carbocycles. The number of sulfonamides is 1. The van der Waals surface area contributed by atoms with Crippen LogP contribution in [-0.4, -0.2) is 36.6 Å². The predicted octanol–water partition coefficient (Wildman–Crippen LogP) is 0.917. The van der Waals surface area contributed by atoms with Gasteiger partial charge in [-0.2, -0.15) is 8.42 Å². The number of aromatic carboxylic acids is 1. The molecule has 3 N–H and O–H groups in total. The van der Waals surface area contributed by atoms with E-state index >= 15 is 0 Å². The zero-order valence-corrected chi connectivity index (χ0v) is 11.1. The molecule has 20 heavy (non-hydrogen) atoms. The number of nitrogens with zero attached hydrogens (tertiary/aromatic N) is 1. The summed E-state index contributed by atoms with van der Waals surface area (Å²) in [6.07, 6.45) is 2.33. The Balaban J connectivity index is 2.41. The molecule has 9 heteroatoms. The summed E-state index contributed by atoms with van der Waals surface area (Å²) in [4.78, 5) is 17.2. The van der Waals surface area contributed by atoms with Crippen molar-refractivity contribution in [3.8, 4) is 5.75 Å². The molecule has 0 unspecified atom stereocenters. The second-order valence-corrected chi connectivity index (χ2v) is 5.39. The molecule has 0 fully saturated rings. The summed E-state index contributed by atoms with van der Waals surface area (Å²) in [5, 5.41) is 8.94. The second kappa shape index (κ2) is 5.21. The number of anilines is 1. The molecule has 1 heterocycles. The topological polar surface area (TPSA) is 121 Å². The first-order chi connectivity index (χ1) is 9.44. The Morgan fingerprint density at radius 1 is 1.45 bits per heavy atom. The first-order valence-electron chi connectivity index (χ1n) is 5.36. The van der Waals surface area contributed by atoms with Gasteiger partial charge in [-0.05, 0) is 18.2 Å². The average molecular weight is 297 g/mol. The molecule has 0 aliphatic heterocycles. The molecule has 2 aromatic rings. The average Bonchev–Trinajstić information content (AvgIpc) is 2.93. The molecule has 0 amide bonds. The van der Waals surface area contributed by atoms with Crippen molar-refractivity contribution in [2.24, 2.45) is 0 Å². The number of carboxylic acids is 1. The van der Waals surface area contributed by atoms with Crippen LogP contribution in [0.2, 0.25) is 0 Å². The second-order valence-electron chi connectivity index (χ2n) is 3.74. The minimum Gasteiger partial charge on any atom is -0.497 e. The van der Waals surface area contributed by atoms with Gasteiger partial charge in [0.25, 0.3) is 10.0 Å². The van der Waals surface area contributed by atoms with Crippen LogP contribution in [-0.2, 0) is 10.0 Å². The third-order valence-corrected chi connectivity index (χ3v) is 3.76. The summed E-state index contributed by atoms with van der Waals surface area (Å²) in [6.45, 7) is 0. The molecular formula is C11H11N3O5S. The molecule has 1 aromatic carbocycles. The number of ether oxygens (including phenoxy) is 1. The molecule has 0 aliphatic rings.